The van der Waals surface area contributed by atoms with Crippen molar-refractivity contribution < 1.29 is 17.2 Å². The maximum Gasteiger partial charge on any atom is 0.243 e. The third kappa shape index (κ3) is 3.40. The number of rotatable bonds is 4. The molecule has 1 aromatic heterocycles. The quantitative estimate of drug-likeness (QED) is 0.920. The van der Waals surface area contributed by atoms with E-state index in [0.29, 0.717) is 10.2 Å². The van der Waals surface area contributed by atoms with Crippen molar-refractivity contribution in [1.82, 2.24) is 9.71 Å². The molecule has 0 aliphatic carbocycles. The highest BCUT2D eigenvalue weighted by Crippen LogP contribution is 2.19. The second-order valence-electron chi connectivity index (χ2n) is 3.76. The molecule has 2 aromatic rings. The Hall–Kier alpha value is -1.25. The summed E-state index contributed by atoms with van der Waals surface area (Å²) in [5.41, 5.74) is 0. The van der Waals surface area contributed by atoms with E-state index < -0.39 is 20.7 Å². The lowest BCUT2D eigenvalue weighted by molar-refractivity contribution is 0.462. The van der Waals surface area contributed by atoms with Gasteiger partial charge in [0, 0.05) is 4.47 Å². The van der Waals surface area contributed by atoms with Crippen molar-refractivity contribution in [2.24, 2.45) is 0 Å². The van der Waals surface area contributed by atoms with Gasteiger partial charge >= 0.3 is 0 Å². The minimum atomic E-state index is -3.94. The van der Waals surface area contributed by atoms with Crippen LogP contribution in [0.2, 0.25) is 0 Å². The van der Waals surface area contributed by atoms with E-state index in [1.54, 1.807) is 6.92 Å². The topological polar surface area (TPSA) is 72.2 Å². The van der Waals surface area contributed by atoms with Crippen LogP contribution in [0, 0.1) is 12.7 Å². The molecule has 1 N–H and O–H groups in total. The van der Waals surface area contributed by atoms with Crippen LogP contribution >= 0.6 is 15.9 Å². The van der Waals surface area contributed by atoms with E-state index >= 15 is 0 Å². The molecule has 1 aromatic carbocycles. The van der Waals surface area contributed by atoms with Gasteiger partial charge in [0.05, 0.1) is 12.7 Å². The summed E-state index contributed by atoms with van der Waals surface area (Å²) < 4.78 is 45.2. The van der Waals surface area contributed by atoms with Crippen molar-refractivity contribution in [3.8, 4) is 0 Å². The zero-order chi connectivity index (χ0) is 14.0. The first-order chi connectivity index (χ1) is 8.88. The van der Waals surface area contributed by atoms with Crippen molar-refractivity contribution in [2.45, 2.75) is 18.4 Å². The van der Waals surface area contributed by atoms with E-state index in [2.05, 4.69) is 25.6 Å². The van der Waals surface area contributed by atoms with Crippen LogP contribution in [0.1, 0.15) is 11.7 Å². The Bertz CT molecular complexity index is 700. The Labute approximate surface area is 118 Å². The Morgan fingerprint density at radius 1 is 1.47 bits per heavy atom. The van der Waals surface area contributed by atoms with E-state index in [9.17, 15) is 12.8 Å². The summed E-state index contributed by atoms with van der Waals surface area (Å²) in [7, 11) is -3.94. The molecule has 8 heteroatoms. The third-order valence-corrected chi connectivity index (χ3v) is 4.19. The molecule has 0 saturated heterocycles. The molecule has 1 heterocycles. The largest absolute Gasteiger partial charge is 0.445 e. The smallest absolute Gasteiger partial charge is 0.243 e. The van der Waals surface area contributed by atoms with Crippen LogP contribution in [-0.4, -0.2) is 13.4 Å². The fourth-order valence-electron chi connectivity index (χ4n) is 1.41. The standard InChI is InChI=1S/C11H10BrFN2O3S/c1-7-5-14-11(18-7)6-15-19(16,17)10-3-2-8(12)4-9(10)13/h2-5,15H,6H2,1H3. The SMILES string of the molecule is Cc1cnc(CNS(=O)(=O)c2ccc(Br)cc2F)o1. The number of benzene rings is 1. The lowest BCUT2D eigenvalue weighted by Crippen LogP contribution is -2.24. The minimum Gasteiger partial charge on any atom is -0.445 e. The average Bonchev–Trinajstić information content (AvgIpc) is 2.72. The number of aromatic nitrogens is 1. The van der Waals surface area contributed by atoms with Crippen molar-refractivity contribution in [3.05, 3.63) is 46.3 Å². The third-order valence-electron chi connectivity index (χ3n) is 2.27. The highest BCUT2D eigenvalue weighted by molar-refractivity contribution is 9.10. The molecule has 0 amide bonds. The van der Waals surface area contributed by atoms with Crippen molar-refractivity contribution in [3.63, 3.8) is 0 Å². The van der Waals surface area contributed by atoms with Gasteiger partial charge in [0.25, 0.3) is 0 Å². The van der Waals surface area contributed by atoms with Crippen LogP contribution in [-0.2, 0) is 16.6 Å². The molecule has 19 heavy (non-hydrogen) atoms. The molecule has 2 rings (SSSR count). The second-order valence-corrected chi connectivity index (χ2v) is 6.41. The molecule has 0 aliphatic heterocycles. The summed E-state index contributed by atoms with van der Waals surface area (Å²) in [6.07, 6.45) is 1.48. The molecule has 0 aliphatic rings. The molecule has 0 bridgehead atoms. The maximum absolute atomic E-state index is 13.6. The van der Waals surface area contributed by atoms with Gasteiger partial charge in [-0.15, -0.1) is 0 Å². The summed E-state index contributed by atoms with van der Waals surface area (Å²) in [5.74, 6) is -0.0342. The predicted octanol–water partition coefficient (Wildman–Crippen LogP) is 2.36. The highest BCUT2D eigenvalue weighted by Gasteiger charge is 2.19. The van der Waals surface area contributed by atoms with Gasteiger partial charge in [-0.3, -0.25) is 0 Å². The number of halogens is 2. The summed E-state index contributed by atoms with van der Waals surface area (Å²) in [5, 5.41) is 0. The molecule has 0 atom stereocenters. The van der Waals surface area contributed by atoms with Crippen LogP contribution in [0.25, 0.3) is 0 Å². The van der Waals surface area contributed by atoms with E-state index in [1.807, 2.05) is 0 Å². The molecule has 0 unspecified atom stereocenters. The molecule has 0 radical (unpaired) electrons. The number of hydrogen-bond donors (Lipinski definition) is 1. The average molecular weight is 349 g/mol. The van der Waals surface area contributed by atoms with Gasteiger partial charge in [0.2, 0.25) is 15.9 Å². The van der Waals surface area contributed by atoms with Gasteiger partial charge in [-0.2, -0.15) is 0 Å². The van der Waals surface area contributed by atoms with Crippen molar-refractivity contribution in [1.29, 1.82) is 0 Å². The van der Waals surface area contributed by atoms with E-state index in [4.69, 9.17) is 4.42 Å². The monoisotopic (exact) mass is 348 g/mol. The van der Waals surface area contributed by atoms with Crippen molar-refractivity contribution >= 4 is 26.0 Å². The maximum atomic E-state index is 13.6. The summed E-state index contributed by atoms with van der Waals surface area (Å²) in [6, 6.07) is 3.72. The zero-order valence-corrected chi connectivity index (χ0v) is 12.3. The summed E-state index contributed by atoms with van der Waals surface area (Å²) in [6.45, 7) is 1.56. The molecule has 102 valence electrons. The van der Waals surface area contributed by atoms with Crippen LogP contribution in [0.3, 0.4) is 0 Å². The van der Waals surface area contributed by atoms with Crippen LogP contribution in [0.5, 0.6) is 0 Å². The molecule has 0 saturated carbocycles. The van der Waals surface area contributed by atoms with Crippen molar-refractivity contribution in [2.75, 3.05) is 0 Å². The predicted molar refractivity (Wildman–Crippen MR) is 69.4 cm³/mol. The zero-order valence-electron chi connectivity index (χ0n) is 9.85. The van der Waals surface area contributed by atoms with E-state index in [0.717, 1.165) is 6.07 Å². The van der Waals surface area contributed by atoms with Gasteiger partial charge in [-0.05, 0) is 25.1 Å². The van der Waals surface area contributed by atoms with E-state index in [1.165, 1.54) is 18.3 Å². The number of nitrogens with one attached hydrogen (secondary N) is 1. The number of sulfonamides is 1. The molecular formula is C11H10BrFN2O3S. The highest BCUT2D eigenvalue weighted by atomic mass is 79.9. The lowest BCUT2D eigenvalue weighted by atomic mass is 10.3. The second kappa shape index (κ2) is 5.40. The fourth-order valence-corrected chi connectivity index (χ4v) is 2.78. The Kier molecular flexibility index (Phi) is 4.02. The first-order valence-electron chi connectivity index (χ1n) is 5.24. The summed E-state index contributed by atoms with van der Waals surface area (Å²) >= 11 is 3.06. The van der Waals surface area contributed by atoms with Gasteiger partial charge in [-0.1, -0.05) is 15.9 Å². The van der Waals surface area contributed by atoms with E-state index in [-0.39, 0.29) is 12.4 Å². The number of nitrogens with zero attached hydrogens (tertiary/aromatic N) is 1. The Balaban J connectivity index is 2.18. The molecule has 5 nitrogen and oxygen atoms in total. The Morgan fingerprint density at radius 3 is 2.79 bits per heavy atom. The van der Waals surface area contributed by atoms with Gasteiger partial charge < -0.3 is 4.42 Å². The summed E-state index contributed by atoms with van der Waals surface area (Å²) in [4.78, 5) is 3.44. The van der Waals surface area contributed by atoms with Gasteiger partial charge in [-0.25, -0.2) is 22.5 Å². The number of hydrogen-bond acceptors (Lipinski definition) is 4. The minimum absolute atomic E-state index is 0.133. The number of aryl methyl sites for hydroxylation is 1. The first-order valence-corrected chi connectivity index (χ1v) is 7.52. The normalized spacial score (nSPS) is 11.7. The fraction of sp³-hybridized carbons (Fsp3) is 0.182. The van der Waals surface area contributed by atoms with Crippen LogP contribution < -0.4 is 4.72 Å². The first kappa shape index (κ1) is 14.2. The number of oxazole rings is 1. The molecule has 0 fully saturated rings. The Morgan fingerprint density at radius 2 is 2.21 bits per heavy atom. The van der Waals surface area contributed by atoms with Gasteiger partial charge in [0.15, 0.2) is 0 Å². The van der Waals surface area contributed by atoms with Crippen LogP contribution in [0.4, 0.5) is 4.39 Å². The van der Waals surface area contributed by atoms with Crippen LogP contribution in [0.15, 0.2) is 38.2 Å². The lowest BCUT2D eigenvalue weighted by Gasteiger charge is -2.06. The molecular weight excluding hydrogens is 339 g/mol. The molecule has 0 spiro atoms. The van der Waals surface area contributed by atoms with Gasteiger partial charge in [0.1, 0.15) is 16.5 Å².